The van der Waals surface area contributed by atoms with Crippen LogP contribution in [0.3, 0.4) is 0 Å². The maximum Gasteiger partial charge on any atom is 0.417 e. The summed E-state index contributed by atoms with van der Waals surface area (Å²) >= 11 is 0. The van der Waals surface area contributed by atoms with Crippen molar-refractivity contribution in [1.82, 2.24) is 4.72 Å². The Kier molecular flexibility index (Phi) is 5.19. The average Bonchev–Trinajstić information content (AvgIpc) is 2.44. The van der Waals surface area contributed by atoms with E-state index < -0.39 is 44.0 Å². The fourth-order valence-electron chi connectivity index (χ4n) is 1.50. The van der Waals surface area contributed by atoms with E-state index in [1.165, 1.54) is 13.0 Å². The molecule has 0 aliphatic rings. The van der Waals surface area contributed by atoms with Gasteiger partial charge in [-0.1, -0.05) is 13.8 Å². The van der Waals surface area contributed by atoms with Gasteiger partial charge in [0.1, 0.15) is 0 Å². The van der Waals surface area contributed by atoms with Crippen molar-refractivity contribution in [3.8, 4) is 6.07 Å². The predicted molar refractivity (Wildman–Crippen MR) is 70.9 cm³/mol. The average molecular weight is 334 g/mol. The monoisotopic (exact) mass is 334 g/mol. The zero-order chi connectivity index (χ0) is 17.1. The summed E-state index contributed by atoms with van der Waals surface area (Å²) < 4.78 is 64.1. The SMILES string of the molecule is CC[C@H](C)C(=O)NS(=O)(=O)c1ccc(C#N)c(C(F)(F)F)c1. The molecule has 1 N–H and O–H groups in total. The third-order valence-electron chi connectivity index (χ3n) is 3.02. The number of hydrogen-bond donors (Lipinski definition) is 1. The molecule has 0 unspecified atom stereocenters. The van der Waals surface area contributed by atoms with Crippen molar-refractivity contribution in [2.24, 2.45) is 5.92 Å². The Morgan fingerprint density at radius 3 is 2.45 bits per heavy atom. The van der Waals surface area contributed by atoms with E-state index in [9.17, 15) is 26.4 Å². The maximum absolute atomic E-state index is 12.8. The van der Waals surface area contributed by atoms with Gasteiger partial charge in [0.15, 0.2) is 0 Å². The second kappa shape index (κ2) is 6.36. The molecular weight excluding hydrogens is 321 g/mol. The van der Waals surface area contributed by atoms with Gasteiger partial charge in [0.2, 0.25) is 5.91 Å². The summed E-state index contributed by atoms with van der Waals surface area (Å²) in [5.41, 5.74) is -2.06. The van der Waals surface area contributed by atoms with Crippen LogP contribution in [0.25, 0.3) is 0 Å². The summed E-state index contributed by atoms with van der Waals surface area (Å²) in [6.45, 7) is 3.16. The molecule has 1 rings (SSSR count). The van der Waals surface area contributed by atoms with E-state index in [0.29, 0.717) is 12.5 Å². The van der Waals surface area contributed by atoms with Crippen LogP contribution in [0.5, 0.6) is 0 Å². The molecule has 0 aliphatic heterocycles. The van der Waals surface area contributed by atoms with Crippen LogP contribution >= 0.6 is 0 Å². The number of nitrogens with one attached hydrogen (secondary N) is 1. The molecule has 0 aliphatic carbocycles. The minimum absolute atomic E-state index is 0.338. The number of nitriles is 1. The van der Waals surface area contributed by atoms with Crippen LogP contribution in [0.1, 0.15) is 31.4 Å². The van der Waals surface area contributed by atoms with E-state index in [1.54, 1.807) is 11.6 Å². The highest BCUT2D eigenvalue weighted by molar-refractivity contribution is 7.90. The molecule has 0 fully saturated rings. The summed E-state index contributed by atoms with van der Waals surface area (Å²) in [5, 5.41) is 8.66. The van der Waals surface area contributed by atoms with E-state index in [2.05, 4.69) is 0 Å². The van der Waals surface area contributed by atoms with Gasteiger partial charge in [0.25, 0.3) is 10.0 Å². The first-order valence-corrected chi connectivity index (χ1v) is 7.69. The van der Waals surface area contributed by atoms with E-state index in [0.717, 1.165) is 12.1 Å². The molecular formula is C13H13F3N2O3S. The lowest BCUT2D eigenvalue weighted by Crippen LogP contribution is -2.34. The molecule has 1 aromatic rings. The lowest BCUT2D eigenvalue weighted by molar-refractivity contribution is -0.137. The molecule has 120 valence electrons. The summed E-state index contributed by atoms with van der Waals surface area (Å²) in [7, 11) is -4.43. The molecule has 0 saturated carbocycles. The van der Waals surface area contributed by atoms with Crippen molar-refractivity contribution in [1.29, 1.82) is 5.26 Å². The van der Waals surface area contributed by atoms with Gasteiger partial charge in [-0.15, -0.1) is 0 Å². The van der Waals surface area contributed by atoms with Crippen molar-refractivity contribution in [2.45, 2.75) is 31.3 Å². The lowest BCUT2D eigenvalue weighted by atomic mass is 10.1. The number of amides is 1. The summed E-state index contributed by atoms with van der Waals surface area (Å²) in [6.07, 6.45) is -4.50. The zero-order valence-electron chi connectivity index (χ0n) is 11.7. The van der Waals surface area contributed by atoms with E-state index >= 15 is 0 Å². The standard InChI is InChI=1S/C13H13F3N2O3S/c1-3-8(2)12(19)18-22(20,21)10-5-4-9(7-17)11(6-10)13(14,15)16/h4-6,8H,3H2,1-2H3,(H,18,19)/t8-/m0/s1. The molecule has 1 amide bonds. The molecule has 0 radical (unpaired) electrons. The number of halogens is 3. The largest absolute Gasteiger partial charge is 0.417 e. The van der Waals surface area contributed by atoms with Crippen LogP contribution in [-0.2, 0) is 21.0 Å². The van der Waals surface area contributed by atoms with Crippen molar-refractivity contribution < 1.29 is 26.4 Å². The normalized spacial score (nSPS) is 13.3. The predicted octanol–water partition coefficient (Wildman–Crippen LogP) is 2.43. The number of benzene rings is 1. The number of alkyl halides is 3. The van der Waals surface area contributed by atoms with Crippen molar-refractivity contribution in [2.75, 3.05) is 0 Å². The highest BCUT2D eigenvalue weighted by atomic mass is 32.2. The highest BCUT2D eigenvalue weighted by Gasteiger charge is 2.35. The van der Waals surface area contributed by atoms with Gasteiger partial charge in [-0.05, 0) is 24.6 Å². The Bertz CT molecular complexity index is 721. The molecule has 1 atom stereocenters. The summed E-state index contributed by atoms with van der Waals surface area (Å²) in [5.74, 6) is -1.41. The molecule has 0 spiro atoms. The van der Waals surface area contributed by atoms with Crippen LogP contribution in [0.15, 0.2) is 23.1 Å². The van der Waals surface area contributed by atoms with Crippen LogP contribution in [0.2, 0.25) is 0 Å². The van der Waals surface area contributed by atoms with Gasteiger partial charge in [-0.3, -0.25) is 4.79 Å². The second-order valence-electron chi connectivity index (χ2n) is 4.60. The lowest BCUT2D eigenvalue weighted by Gasteiger charge is -2.13. The van der Waals surface area contributed by atoms with Crippen LogP contribution in [-0.4, -0.2) is 14.3 Å². The third-order valence-corrected chi connectivity index (χ3v) is 4.37. The molecule has 22 heavy (non-hydrogen) atoms. The smallest absolute Gasteiger partial charge is 0.274 e. The summed E-state index contributed by atoms with van der Waals surface area (Å²) in [4.78, 5) is 10.9. The van der Waals surface area contributed by atoms with Gasteiger partial charge in [0.05, 0.1) is 22.1 Å². The second-order valence-corrected chi connectivity index (χ2v) is 6.28. The Morgan fingerprint density at radius 1 is 1.41 bits per heavy atom. The molecule has 1 aromatic carbocycles. The van der Waals surface area contributed by atoms with Gasteiger partial charge in [-0.25, -0.2) is 13.1 Å². The molecule has 0 bridgehead atoms. The van der Waals surface area contributed by atoms with Crippen LogP contribution in [0.4, 0.5) is 13.2 Å². The Labute approximate surface area is 125 Å². The fraction of sp³-hybridized carbons (Fsp3) is 0.385. The minimum Gasteiger partial charge on any atom is -0.274 e. The maximum atomic E-state index is 12.8. The van der Waals surface area contributed by atoms with Gasteiger partial charge in [-0.2, -0.15) is 18.4 Å². The number of hydrogen-bond acceptors (Lipinski definition) is 4. The van der Waals surface area contributed by atoms with Gasteiger partial charge >= 0.3 is 6.18 Å². The van der Waals surface area contributed by atoms with E-state index in [4.69, 9.17) is 5.26 Å². The fourth-order valence-corrected chi connectivity index (χ4v) is 2.60. The van der Waals surface area contributed by atoms with E-state index in [-0.39, 0.29) is 0 Å². The molecule has 5 nitrogen and oxygen atoms in total. The minimum atomic E-state index is -4.88. The summed E-state index contributed by atoms with van der Waals surface area (Å²) in [6, 6.07) is 3.29. The van der Waals surface area contributed by atoms with Crippen molar-refractivity contribution in [3.05, 3.63) is 29.3 Å². The topological polar surface area (TPSA) is 87.0 Å². The molecule has 0 heterocycles. The molecule has 0 aromatic heterocycles. The van der Waals surface area contributed by atoms with Crippen LogP contribution < -0.4 is 4.72 Å². The molecule has 9 heteroatoms. The van der Waals surface area contributed by atoms with Crippen molar-refractivity contribution >= 4 is 15.9 Å². The number of sulfonamides is 1. The molecule has 0 saturated heterocycles. The first-order chi connectivity index (χ1) is 10.0. The van der Waals surface area contributed by atoms with Crippen LogP contribution in [0, 0.1) is 17.2 Å². The number of nitrogens with zero attached hydrogens (tertiary/aromatic N) is 1. The van der Waals surface area contributed by atoms with Gasteiger partial charge in [0, 0.05) is 5.92 Å². The van der Waals surface area contributed by atoms with Gasteiger partial charge < -0.3 is 0 Å². The van der Waals surface area contributed by atoms with E-state index in [1.807, 2.05) is 0 Å². The number of carbonyl (C=O) groups excluding carboxylic acids is 1. The quantitative estimate of drug-likeness (QED) is 0.916. The third kappa shape index (κ3) is 3.98. The number of carbonyl (C=O) groups is 1. The highest BCUT2D eigenvalue weighted by Crippen LogP contribution is 2.33. The first-order valence-electron chi connectivity index (χ1n) is 6.21. The Hall–Kier alpha value is -2.08. The first kappa shape index (κ1) is 18.0. The Balaban J connectivity index is 3.28. The Morgan fingerprint density at radius 2 is 2.00 bits per heavy atom. The zero-order valence-corrected chi connectivity index (χ0v) is 12.5. The van der Waals surface area contributed by atoms with Crippen molar-refractivity contribution in [3.63, 3.8) is 0 Å². The number of rotatable bonds is 4.